The first-order valence-corrected chi connectivity index (χ1v) is 8.89. The molecule has 1 fully saturated rings. The molecule has 1 aliphatic heterocycles. The molecule has 5 nitrogen and oxygen atoms in total. The Morgan fingerprint density at radius 2 is 1.79 bits per heavy atom. The van der Waals surface area contributed by atoms with E-state index in [9.17, 15) is 13.6 Å². The average Bonchev–Trinajstić information content (AvgIpc) is 3.09. The summed E-state index contributed by atoms with van der Waals surface area (Å²) in [4.78, 5) is 12.9. The van der Waals surface area contributed by atoms with E-state index in [1.165, 1.54) is 0 Å². The molecule has 4 rings (SSSR count). The SMILES string of the molecule is CC1(C)COB(c2cccn3c(C(=O)c4cc(F)c(N)c(F)c4)ccc23)OC1. The van der Waals surface area contributed by atoms with Gasteiger partial charge in [-0.2, -0.15) is 0 Å². The lowest BCUT2D eigenvalue weighted by molar-refractivity contribution is 0.0344. The highest BCUT2D eigenvalue weighted by atomic mass is 19.1. The molecule has 0 saturated carbocycles. The fraction of sp³-hybridized carbons (Fsp3) is 0.250. The molecule has 0 bridgehead atoms. The first-order valence-electron chi connectivity index (χ1n) is 8.89. The molecule has 1 aromatic carbocycles. The van der Waals surface area contributed by atoms with E-state index in [4.69, 9.17) is 15.0 Å². The zero-order chi connectivity index (χ0) is 20.1. The van der Waals surface area contributed by atoms with Crippen LogP contribution in [0, 0.1) is 17.0 Å². The summed E-state index contributed by atoms with van der Waals surface area (Å²) in [6.07, 6.45) is 1.71. The number of carbonyl (C=O) groups excluding carboxylic acids is 1. The highest BCUT2D eigenvalue weighted by molar-refractivity contribution is 6.63. The molecule has 1 aliphatic rings. The van der Waals surface area contributed by atoms with Gasteiger partial charge in [0.05, 0.1) is 5.69 Å². The van der Waals surface area contributed by atoms with Gasteiger partial charge in [0.2, 0.25) is 5.78 Å². The molecular weight excluding hydrogens is 365 g/mol. The van der Waals surface area contributed by atoms with E-state index in [1.807, 2.05) is 6.07 Å². The molecule has 8 heteroatoms. The van der Waals surface area contributed by atoms with Crippen molar-refractivity contribution in [3.05, 3.63) is 65.5 Å². The van der Waals surface area contributed by atoms with Gasteiger partial charge in [-0.1, -0.05) is 19.9 Å². The summed E-state index contributed by atoms with van der Waals surface area (Å²) in [5.41, 5.74) is 6.30. The van der Waals surface area contributed by atoms with Gasteiger partial charge in [0.15, 0.2) is 0 Å². The number of rotatable bonds is 3. The van der Waals surface area contributed by atoms with Crippen LogP contribution in [0.5, 0.6) is 0 Å². The van der Waals surface area contributed by atoms with Gasteiger partial charge in [-0.15, -0.1) is 0 Å². The molecule has 2 aromatic heterocycles. The summed E-state index contributed by atoms with van der Waals surface area (Å²) in [5, 5.41) is 0. The van der Waals surface area contributed by atoms with Crippen molar-refractivity contribution < 1.29 is 22.9 Å². The molecule has 0 unspecified atom stereocenters. The third-order valence-corrected chi connectivity index (χ3v) is 4.80. The Balaban J connectivity index is 1.72. The number of hydrogen-bond acceptors (Lipinski definition) is 4. The molecular formula is C20H19BF2N2O3. The Kier molecular flexibility index (Phi) is 4.48. The summed E-state index contributed by atoms with van der Waals surface area (Å²) in [5.74, 6) is -2.44. The fourth-order valence-corrected chi connectivity index (χ4v) is 3.28. The van der Waals surface area contributed by atoms with Gasteiger partial charge in [-0.05, 0) is 30.3 Å². The van der Waals surface area contributed by atoms with Crippen LogP contribution in [0.3, 0.4) is 0 Å². The van der Waals surface area contributed by atoms with Crippen molar-refractivity contribution in [2.24, 2.45) is 5.41 Å². The summed E-state index contributed by atoms with van der Waals surface area (Å²) in [6.45, 7) is 5.22. The van der Waals surface area contributed by atoms with Crippen molar-refractivity contribution in [2.75, 3.05) is 18.9 Å². The number of nitrogen functional groups attached to an aromatic ring is 1. The number of aromatic nitrogens is 1. The van der Waals surface area contributed by atoms with Crippen molar-refractivity contribution in [1.29, 1.82) is 0 Å². The number of halogens is 2. The van der Waals surface area contributed by atoms with Gasteiger partial charge >= 0.3 is 7.12 Å². The van der Waals surface area contributed by atoms with Crippen LogP contribution in [0.15, 0.2) is 42.6 Å². The Labute approximate surface area is 161 Å². The van der Waals surface area contributed by atoms with E-state index in [-0.39, 0.29) is 16.7 Å². The predicted molar refractivity (Wildman–Crippen MR) is 103 cm³/mol. The van der Waals surface area contributed by atoms with E-state index in [0.29, 0.717) is 13.2 Å². The Bertz CT molecular complexity index is 1050. The zero-order valence-corrected chi connectivity index (χ0v) is 15.5. The molecule has 3 aromatic rings. The standard InChI is InChI=1S/C20H19BF2N2O3/c1-20(2)10-27-21(28-11-20)13-4-3-7-25-16(13)5-6-17(25)19(26)12-8-14(22)18(24)15(23)9-12/h3-9H,10-11,24H2,1-2H3. The van der Waals surface area contributed by atoms with Crippen molar-refractivity contribution >= 4 is 29.6 Å². The summed E-state index contributed by atoms with van der Waals surface area (Å²) >= 11 is 0. The van der Waals surface area contributed by atoms with E-state index in [0.717, 1.165) is 23.1 Å². The van der Waals surface area contributed by atoms with Crippen molar-refractivity contribution in [3.63, 3.8) is 0 Å². The lowest BCUT2D eigenvalue weighted by Gasteiger charge is -2.33. The Morgan fingerprint density at radius 3 is 2.43 bits per heavy atom. The first kappa shape index (κ1) is 18.6. The molecule has 0 amide bonds. The van der Waals surface area contributed by atoms with Gasteiger partial charge in [-0.25, -0.2) is 8.78 Å². The molecule has 0 atom stereocenters. The summed E-state index contributed by atoms with van der Waals surface area (Å²) in [6, 6.07) is 8.91. The molecule has 28 heavy (non-hydrogen) atoms. The zero-order valence-electron chi connectivity index (χ0n) is 15.5. The van der Waals surface area contributed by atoms with Gasteiger partial charge in [0, 0.05) is 41.4 Å². The minimum atomic E-state index is -0.962. The predicted octanol–water partition coefficient (Wildman–Crippen LogP) is 2.80. The molecule has 2 N–H and O–H groups in total. The second-order valence-corrected chi connectivity index (χ2v) is 7.74. The van der Waals surface area contributed by atoms with Crippen molar-refractivity contribution in [1.82, 2.24) is 4.40 Å². The van der Waals surface area contributed by atoms with Crippen LogP contribution in [0.25, 0.3) is 5.52 Å². The number of pyridine rings is 1. The molecule has 0 spiro atoms. The third kappa shape index (κ3) is 3.19. The highest BCUT2D eigenvalue weighted by Crippen LogP contribution is 2.23. The second-order valence-electron chi connectivity index (χ2n) is 7.74. The number of fused-ring (bicyclic) bond motifs is 1. The van der Waals surface area contributed by atoms with Crippen LogP contribution in [-0.2, 0) is 9.31 Å². The van der Waals surface area contributed by atoms with Crippen LogP contribution in [0.2, 0.25) is 0 Å². The van der Waals surface area contributed by atoms with Gasteiger partial charge in [0.25, 0.3) is 0 Å². The Hall–Kier alpha value is -2.71. The maximum atomic E-state index is 13.8. The van der Waals surface area contributed by atoms with Crippen LogP contribution >= 0.6 is 0 Å². The summed E-state index contributed by atoms with van der Waals surface area (Å²) < 4.78 is 40.9. The minimum Gasteiger partial charge on any atom is -0.407 e. The maximum Gasteiger partial charge on any atom is 0.496 e. The van der Waals surface area contributed by atoms with Crippen molar-refractivity contribution in [2.45, 2.75) is 13.8 Å². The average molecular weight is 384 g/mol. The van der Waals surface area contributed by atoms with Crippen LogP contribution < -0.4 is 11.2 Å². The largest absolute Gasteiger partial charge is 0.496 e. The second kappa shape index (κ2) is 6.72. The van der Waals surface area contributed by atoms with Crippen molar-refractivity contribution in [3.8, 4) is 0 Å². The smallest absolute Gasteiger partial charge is 0.407 e. The monoisotopic (exact) mass is 384 g/mol. The minimum absolute atomic E-state index is 0.0615. The number of nitrogens with zero attached hydrogens (tertiary/aromatic N) is 1. The fourth-order valence-electron chi connectivity index (χ4n) is 3.28. The van der Waals surface area contributed by atoms with E-state index < -0.39 is 30.2 Å². The van der Waals surface area contributed by atoms with Gasteiger partial charge in [-0.3, -0.25) is 4.79 Å². The Morgan fingerprint density at radius 1 is 1.14 bits per heavy atom. The van der Waals surface area contributed by atoms with Gasteiger partial charge < -0.3 is 19.4 Å². The number of anilines is 1. The molecule has 1 saturated heterocycles. The third-order valence-electron chi connectivity index (χ3n) is 4.80. The molecule has 144 valence electrons. The topological polar surface area (TPSA) is 66.0 Å². The number of carbonyl (C=O) groups is 1. The van der Waals surface area contributed by atoms with E-state index in [1.54, 1.807) is 28.8 Å². The van der Waals surface area contributed by atoms with E-state index in [2.05, 4.69) is 13.8 Å². The number of benzene rings is 1. The quantitative estimate of drug-likeness (QED) is 0.429. The molecule has 0 radical (unpaired) electrons. The summed E-state index contributed by atoms with van der Waals surface area (Å²) in [7, 11) is -0.541. The first-order chi connectivity index (χ1) is 13.3. The highest BCUT2D eigenvalue weighted by Gasteiger charge is 2.34. The number of nitrogens with two attached hydrogens (primary N) is 1. The lowest BCUT2D eigenvalue weighted by atomic mass is 9.75. The number of ketones is 1. The maximum absolute atomic E-state index is 13.8. The van der Waals surface area contributed by atoms with Gasteiger partial charge in [0.1, 0.15) is 17.3 Å². The van der Waals surface area contributed by atoms with Crippen LogP contribution in [0.1, 0.15) is 29.9 Å². The van der Waals surface area contributed by atoms with Crippen LogP contribution in [-0.4, -0.2) is 30.5 Å². The molecule has 3 heterocycles. The molecule has 0 aliphatic carbocycles. The van der Waals surface area contributed by atoms with E-state index >= 15 is 0 Å². The lowest BCUT2D eigenvalue weighted by Crippen LogP contribution is -2.47. The normalized spacial score (nSPS) is 16.5. The van der Waals surface area contributed by atoms with Crippen LogP contribution in [0.4, 0.5) is 14.5 Å². The number of hydrogen-bond donors (Lipinski definition) is 1.